The van der Waals surface area contributed by atoms with Gasteiger partial charge < -0.3 is 24.4 Å². The molecule has 0 radical (unpaired) electrons. The van der Waals surface area contributed by atoms with Crippen molar-refractivity contribution in [2.45, 2.75) is 30.2 Å². The Hall–Kier alpha value is -5.62. The number of ether oxygens (including phenoxy) is 3. The predicted octanol–water partition coefficient (Wildman–Crippen LogP) is 5.13. The molecule has 1 unspecified atom stereocenters. The van der Waals surface area contributed by atoms with Crippen molar-refractivity contribution in [3.63, 3.8) is 0 Å². The van der Waals surface area contributed by atoms with Gasteiger partial charge in [-0.05, 0) is 41.0 Å². The van der Waals surface area contributed by atoms with Crippen molar-refractivity contribution < 1.29 is 33.5 Å². The normalized spacial score (nSPS) is 18.3. The lowest BCUT2D eigenvalue weighted by Crippen LogP contribution is -2.74. The second kappa shape index (κ2) is 14.2. The van der Waals surface area contributed by atoms with E-state index in [0.717, 1.165) is 11.1 Å². The van der Waals surface area contributed by atoms with Gasteiger partial charge >= 0.3 is 5.97 Å². The lowest BCUT2D eigenvalue weighted by molar-refractivity contribution is -0.384. The van der Waals surface area contributed by atoms with Gasteiger partial charge in [-0.3, -0.25) is 19.7 Å². The van der Waals surface area contributed by atoms with Gasteiger partial charge in [0.25, 0.3) is 11.6 Å². The van der Waals surface area contributed by atoms with Crippen molar-refractivity contribution >= 4 is 35.2 Å². The molecule has 0 saturated carbocycles. The number of esters is 1. The fraction of sp³-hybridized carbons (Fsp3) is 0.171. The summed E-state index contributed by atoms with van der Waals surface area (Å²) < 4.78 is 17.7. The number of carbonyl (C=O) groups is 3. The van der Waals surface area contributed by atoms with Crippen LogP contribution in [0.25, 0.3) is 0 Å². The van der Waals surface area contributed by atoms with Crippen molar-refractivity contribution in [1.82, 2.24) is 10.2 Å². The number of thioether (sulfide) groups is 1. The van der Waals surface area contributed by atoms with E-state index in [4.69, 9.17) is 14.2 Å². The van der Waals surface area contributed by atoms with E-state index in [1.807, 2.05) is 66.7 Å². The Morgan fingerprint density at radius 3 is 2.06 bits per heavy atom. The van der Waals surface area contributed by atoms with Crippen LogP contribution in [0.1, 0.15) is 22.8 Å². The Kier molecular flexibility index (Phi) is 9.48. The summed E-state index contributed by atoms with van der Waals surface area (Å²) in [5, 5.41) is 14.8. The van der Waals surface area contributed by atoms with Crippen molar-refractivity contribution in [3.8, 4) is 5.75 Å². The van der Waals surface area contributed by atoms with Gasteiger partial charge in [0, 0.05) is 17.5 Å². The van der Waals surface area contributed by atoms with Crippen molar-refractivity contribution in [2.75, 3.05) is 6.61 Å². The average molecular weight is 652 g/mol. The maximum Gasteiger partial charge on any atom is 0.337 e. The Bertz CT molecular complexity index is 1730. The van der Waals surface area contributed by atoms with Crippen molar-refractivity contribution in [2.24, 2.45) is 0 Å². The van der Waals surface area contributed by atoms with E-state index in [2.05, 4.69) is 5.32 Å². The summed E-state index contributed by atoms with van der Waals surface area (Å²) in [7, 11) is 0. The third-order valence-corrected chi connectivity index (χ3v) is 8.74. The van der Waals surface area contributed by atoms with Gasteiger partial charge in [0.15, 0.2) is 12.6 Å². The first kappa shape index (κ1) is 31.4. The smallest absolute Gasteiger partial charge is 0.337 e. The third kappa shape index (κ3) is 7.12. The number of hydrogen-bond donors (Lipinski definition) is 1. The summed E-state index contributed by atoms with van der Waals surface area (Å²) in [4.78, 5) is 51.9. The first-order chi connectivity index (χ1) is 22.9. The molecule has 0 bridgehead atoms. The molecule has 0 aromatic heterocycles. The van der Waals surface area contributed by atoms with Crippen LogP contribution in [0.3, 0.4) is 0 Å². The van der Waals surface area contributed by atoms with Gasteiger partial charge in [-0.15, -0.1) is 11.8 Å². The van der Waals surface area contributed by atoms with E-state index < -0.39 is 46.3 Å². The third-order valence-electron chi connectivity index (χ3n) is 7.59. The molecule has 238 valence electrons. The summed E-state index contributed by atoms with van der Waals surface area (Å²) in [6.45, 7) is -0.468. The molecule has 1 N–H and O–H groups in total. The van der Waals surface area contributed by atoms with E-state index in [9.17, 15) is 24.5 Å². The molecular weight excluding hydrogens is 622 g/mol. The minimum absolute atomic E-state index is 0.0906. The number of amides is 2. The molecule has 11 nitrogen and oxygen atoms in total. The molecule has 1 saturated heterocycles. The SMILES string of the molecule is O=C(COc1ccccc1)N[C@@H]1C(=O)N2C(C(=O)OCc3ccc([N+](=O)[O-])cc3)C(OC(c3ccccc3)c3ccccc3)=CS[C@@H]12. The lowest BCUT2D eigenvalue weighted by Gasteiger charge is -2.51. The molecule has 2 aliphatic heterocycles. The largest absolute Gasteiger partial charge is 0.484 e. The van der Waals surface area contributed by atoms with Gasteiger partial charge in [0.05, 0.1) is 4.92 Å². The van der Waals surface area contributed by atoms with E-state index in [1.165, 1.54) is 40.9 Å². The zero-order chi connectivity index (χ0) is 32.8. The molecule has 3 atom stereocenters. The van der Waals surface area contributed by atoms with E-state index in [1.54, 1.807) is 29.7 Å². The highest BCUT2D eigenvalue weighted by Crippen LogP contribution is 2.43. The predicted molar refractivity (Wildman–Crippen MR) is 173 cm³/mol. The van der Waals surface area contributed by atoms with Crippen LogP contribution in [0.2, 0.25) is 0 Å². The summed E-state index contributed by atoms with van der Waals surface area (Å²) in [6, 6.07) is 31.3. The molecule has 2 heterocycles. The number of non-ortho nitro benzene ring substituents is 1. The Labute approximate surface area is 274 Å². The zero-order valence-electron chi connectivity index (χ0n) is 24.8. The highest BCUT2D eigenvalue weighted by molar-refractivity contribution is 8.02. The molecule has 2 amide bonds. The highest BCUT2D eigenvalue weighted by Gasteiger charge is 2.57. The van der Waals surface area contributed by atoms with Crippen molar-refractivity contribution in [3.05, 3.63) is 153 Å². The molecule has 6 rings (SSSR count). The minimum Gasteiger partial charge on any atom is -0.484 e. The summed E-state index contributed by atoms with van der Waals surface area (Å²) in [6.07, 6.45) is -0.604. The average Bonchev–Trinajstić information content (AvgIpc) is 3.12. The molecule has 1 fully saturated rings. The van der Waals surface area contributed by atoms with E-state index in [-0.39, 0.29) is 24.7 Å². The van der Waals surface area contributed by atoms with Crippen LogP contribution in [0, 0.1) is 10.1 Å². The van der Waals surface area contributed by atoms with Gasteiger partial charge in [-0.25, -0.2) is 4.79 Å². The number of fused-ring (bicyclic) bond motifs is 1. The molecule has 4 aromatic rings. The monoisotopic (exact) mass is 651 g/mol. The number of para-hydroxylation sites is 1. The van der Waals surface area contributed by atoms with E-state index in [0.29, 0.717) is 11.3 Å². The number of β-lactam (4-membered cyclic amide) rings is 1. The first-order valence-corrected chi connectivity index (χ1v) is 15.6. The fourth-order valence-corrected chi connectivity index (χ4v) is 6.40. The van der Waals surface area contributed by atoms with Crippen LogP contribution in [0.5, 0.6) is 5.75 Å². The molecule has 4 aromatic carbocycles. The maximum absolute atomic E-state index is 13.8. The summed E-state index contributed by atoms with van der Waals surface area (Å²) >= 11 is 1.25. The van der Waals surface area contributed by atoms with Crippen LogP contribution in [-0.4, -0.2) is 51.7 Å². The fourth-order valence-electron chi connectivity index (χ4n) is 5.25. The number of nitrogens with one attached hydrogen (secondary N) is 1. The topological polar surface area (TPSA) is 137 Å². The van der Waals surface area contributed by atoms with Crippen LogP contribution in [0.15, 0.2) is 126 Å². The van der Waals surface area contributed by atoms with Gasteiger partial charge in [0.2, 0.25) is 5.91 Å². The molecule has 47 heavy (non-hydrogen) atoms. The maximum atomic E-state index is 13.8. The van der Waals surface area contributed by atoms with Gasteiger partial charge in [0.1, 0.15) is 35.6 Å². The number of hydrogen-bond acceptors (Lipinski definition) is 9. The Morgan fingerprint density at radius 2 is 1.47 bits per heavy atom. The number of benzene rings is 4. The number of nitrogens with zero attached hydrogens (tertiary/aromatic N) is 2. The zero-order valence-corrected chi connectivity index (χ0v) is 25.7. The number of carbonyl (C=O) groups excluding carboxylic acids is 3. The molecule has 12 heteroatoms. The standard InChI is InChI=1S/C35H29N3O8S/c39-29(21-44-27-14-8-3-9-15-27)36-30-33(40)37-31(35(41)45-20-23-16-18-26(19-17-23)38(42)43)28(22-47-34(30)37)46-32(24-10-4-1-5-11-24)25-12-6-2-7-13-25/h1-19,22,30-32,34H,20-21H2,(H,36,39)/t30-,31?,34+/m1/s1. The number of rotatable bonds is 12. The quantitative estimate of drug-likeness (QED) is 0.0956. The highest BCUT2D eigenvalue weighted by atomic mass is 32.2. The minimum atomic E-state index is -1.24. The molecule has 0 aliphatic carbocycles. The summed E-state index contributed by atoms with van der Waals surface area (Å²) in [5.74, 6) is -0.973. The van der Waals surface area contributed by atoms with Gasteiger partial charge in [-0.2, -0.15) is 0 Å². The Balaban J connectivity index is 1.23. The van der Waals surface area contributed by atoms with Gasteiger partial charge in [-0.1, -0.05) is 78.9 Å². The first-order valence-electron chi connectivity index (χ1n) is 14.7. The second-order valence-corrected chi connectivity index (χ2v) is 11.7. The van der Waals surface area contributed by atoms with Crippen LogP contribution in [0.4, 0.5) is 5.69 Å². The molecule has 2 aliphatic rings. The number of nitro groups is 1. The van der Waals surface area contributed by atoms with Crippen LogP contribution < -0.4 is 10.1 Å². The van der Waals surface area contributed by atoms with Crippen molar-refractivity contribution in [1.29, 1.82) is 0 Å². The molecule has 0 spiro atoms. The summed E-state index contributed by atoms with van der Waals surface area (Å²) in [5.41, 5.74) is 2.11. The number of nitro benzene ring substituents is 1. The second-order valence-electron chi connectivity index (χ2n) is 10.7. The molecular formula is C35H29N3O8S. The van der Waals surface area contributed by atoms with Crippen LogP contribution in [-0.2, 0) is 30.5 Å². The Morgan fingerprint density at radius 1 is 0.872 bits per heavy atom. The lowest BCUT2D eigenvalue weighted by atomic mass is 9.99. The van der Waals surface area contributed by atoms with E-state index >= 15 is 0 Å². The van der Waals surface area contributed by atoms with Crippen LogP contribution >= 0.6 is 11.8 Å².